The van der Waals surface area contributed by atoms with Crippen LogP contribution in [0.2, 0.25) is 0 Å². The van der Waals surface area contributed by atoms with Gasteiger partial charge in [0, 0.05) is 18.2 Å². The number of aromatic amines is 1. The second-order valence-electron chi connectivity index (χ2n) is 4.62. The van der Waals surface area contributed by atoms with Crippen molar-refractivity contribution in [1.82, 2.24) is 20.4 Å². The zero-order chi connectivity index (χ0) is 11.7. The van der Waals surface area contributed by atoms with E-state index in [0.29, 0.717) is 17.8 Å². The van der Waals surface area contributed by atoms with Crippen LogP contribution < -0.4 is 5.32 Å². The highest BCUT2D eigenvalue weighted by Gasteiger charge is 2.25. The third-order valence-electron chi connectivity index (χ3n) is 3.25. The van der Waals surface area contributed by atoms with Crippen molar-refractivity contribution in [2.45, 2.75) is 31.7 Å². The van der Waals surface area contributed by atoms with Gasteiger partial charge in [-0.25, -0.2) is 0 Å². The molecular formula is C12H16N4O. The first-order chi connectivity index (χ1) is 8.33. The minimum absolute atomic E-state index is 0.391. The van der Waals surface area contributed by atoms with Crippen LogP contribution in [0.3, 0.4) is 0 Å². The third kappa shape index (κ3) is 2.10. The van der Waals surface area contributed by atoms with E-state index in [9.17, 15) is 0 Å². The number of hydrogen-bond acceptors (Lipinski definition) is 4. The Bertz CT molecular complexity index is 476. The lowest BCUT2D eigenvalue weighted by molar-refractivity contribution is 0.295. The van der Waals surface area contributed by atoms with Gasteiger partial charge >= 0.3 is 0 Å². The van der Waals surface area contributed by atoms with Crippen molar-refractivity contribution in [3.8, 4) is 11.5 Å². The van der Waals surface area contributed by atoms with Gasteiger partial charge in [0.15, 0.2) is 0 Å². The van der Waals surface area contributed by atoms with E-state index in [1.807, 2.05) is 18.3 Å². The highest BCUT2D eigenvalue weighted by Crippen LogP contribution is 2.27. The van der Waals surface area contributed by atoms with Crippen molar-refractivity contribution in [3.63, 3.8) is 0 Å². The summed E-state index contributed by atoms with van der Waals surface area (Å²) in [6, 6.07) is 4.40. The minimum atomic E-state index is 0.391. The van der Waals surface area contributed by atoms with Gasteiger partial charge in [-0.2, -0.15) is 4.98 Å². The van der Waals surface area contributed by atoms with Crippen LogP contribution in [0.1, 0.15) is 31.6 Å². The van der Waals surface area contributed by atoms with Gasteiger partial charge in [-0.1, -0.05) is 5.16 Å². The van der Waals surface area contributed by atoms with Gasteiger partial charge in [0.25, 0.3) is 0 Å². The summed E-state index contributed by atoms with van der Waals surface area (Å²) in [4.78, 5) is 7.56. The molecule has 90 valence electrons. The van der Waals surface area contributed by atoms with E-state index in [4.69, 9.17) is 4.52 Å². The maximum Gasteiger partial charge on any atom is 0.230 e. The molecule has 2 N–H and O–H groups in total. The predicted molar refractivity (Wildman–Crippen MR) is 63.5 cm³/mol. The van der Waals surface area contributed by atoms with Gasteiger partial charge in [-0.05, 0) is 38.4 Å². The fourth-order valence-electron chi connectivity index (χ4n) is 2.34. The maximum absolute atomic E-state index is 5.37. The Hall–Kier alpha value is -1.62. The standard InChI is InChI=1S/C12H16N4O/c1-8-7-9(4-6-13-8)12-15-11(16-17-12)10-3-2-5-14-10/h2-3,5,8-9,13-14H,4,6-7H2,1H3. The van der Waals surface area contributed by atoms with Crippen molar-refractivity contribution in [3.05, 3.63) is 24.2 Å². The number of hydrogen-bond donors (Lipinski definition) is 2. The summed E-state index contributed by atoms with van der Waals surface area (Å²) >= 11 is 0. The molecule has 2 unspecified atom stereocenters. The molecule has 5 heteroatoms. The molecule has 0 bridgehead atoms. The lowest BCUT2D eigenvalue weighted by Crippen LogP contribution is -2.34. The number of rotatable bonds is 2. The molecule has 0 amide bonds. The second-order valence-corrected chi connectivity index (χ2v) is 4.62. The Kier molecular flexibility index (Phi) is 2.68. The summed E-state index contributed by atoms with van der Waals surface area (Å²) < 4.78 is 5.37. The normalized spacial score (nSPS) is 25.0. The third-order valence-corrected chi connectivity index (χ3v) is 3.25. The van der Waals surface area contributed by atoms with Crippen molar-refractivity contribution in [2.75, 3.05) is 6.54 Å². The SMILES string of the molecule is CC1CC(c2nc(-c3ccc[nH]3)no2)CCN1. The van der Waals surface area contributed by atoms with Crippen molar-refractivity contribution in [2.24, 2.45) is 0 Å². The average Bonchev–Trinajstić information content (AvgIpc) is 3.00. The highest BCUT2D eigenvalue weighted by molar-refractivity contribution is 5.47. The lowest BCUT2D eigenvalue weighted by Gasteiger charge is -2.25. The molecular weight excluding hydrogens is 216 g/mol. The summed E-state index contributed by atoms with van der Waals surface area (Å²) in [7, 11) is 0. The number of nitrogens with zero attached hydrogens (tertiary/aromatic N) is 2. The quantitative estimate of drug-likeness (QED) is 0.830. The Balaban J connectivity index is 1.80. The lowest BCUT2D eigenvalue weighted by atomic mass is 9.93. The fourth-order valence-corrected chi connectivity index (χ4v) is 2.34. The van der Waals surface area contributed by atoms with Crippen LogP contribution in [0.25, 0.3) is 11.5 Å². The van der Waals surface area contributed by atoms with E-state index in [1.165, 1.54) is 0 Å². The summed E-state index contributed by atoms with van der Waals surface area (Å²) in [5.41, 5.74) is 0.905. The van der Waals surface area contributed by atoms with Gasteiger partial charge in [0.2, 0.25) is 11.7 Å². The Labute approximate surface area is 99.6 Å². The molecule has 1 saturated heterocycles. The van der Waals surface area contributed by atoms with E-state index in [1.54, 1.807) is 0 Å². The number of nitrogens with one attached hydrogen (secondary N) is 2. The summed E-state index contributed by atoms with van der Waals surface area (Å²) in [5, 5.41) is 7.44. The summed E-state index contributed by atoms with van der Waals surface area (Å²) in [5.74, 6) is 1.81. The number of aromatic nitrogens is 3. The van der Waals surface area contributed by atoms with Crippen LogP contribution >= 0.6 is 0 Å². The van der Waals surface area contributed by atoms with Crippen LogP contribution in [0.15, 0.2) is 22.9 Å². The van der Waals surface area contributed by atoms with Crippen molar-refractivity contribution < 1.29 is 4.52 Å². The molecule has 2 aromatic rings. The smallest absolute Gasteiger partial charge is 0.230 e. The highest BCUT2D eigenvalue weighted by atomic mass is 16.5. The largest absolute Gasteiger partial charge is 0.359 e. The minimum Gasteiger partial charge on any atom is -0.359 e. The van der Waals surface area contributed by atoms with Crippen molar-refractivity contribution in [1.29, 1.82) is 0 Å². The zero-order valence-corrected chi connectivity index (χ0v) is 9.81. The molecule has 1 aliphatic rings. The molecule has 0 aromatic carbocycles. The molecule has 0 aliphatic carbocycles. The fraction of sp³-hybridized carbons (Fsp3) is 0.500. The maximum atomic E-state index is 5.37. The first-order valence-electron chi connectivity index (χ1n) is 6.03. The molecule has 5 nitrogen and oxygen atoms in total. The second kappa shape index (κ2) is 4.33. The molecule has 1 aliphatic heterocycles. The Morgan fingerprint density at radius 3 is 3.18 bits per heavy atom. The molecule has 0 radical (unpaired) electrons. The van der Waals surface area contributed by atoms with Gasteiger partial charge in [0.1, 0.15) is 0 Å². The summed E-state index contributed by atoms with van der Waals surface area (Å²) in [6.07, 6.45) is 3.99. The van der Waals surface area contributed by atoms with E-state index in [0.717, 1.165) is 31.0 Å². The van der Waals surface area contributed by atoms with Gasteiger partial charge in [-0.3, -0.25) is 0 Å². The van der Waals surface area contributed by atoms with Crippen LogP contribution in [-0.4, -0.2) is 27.7 Å². The molecule has 2 atom stereocenters. The topological polar surface area (TPSA) is 66.7 Å². The van der Waals surface area contributed by atoms with Crippen LogP contribution in [-0.2, 0) is 0 Å². The van der Waals surface area contributed by atoms with E-state index < -0.39 is 0 Å². The molecule has 1 fully saturated rings. The van der Waals surface area contributed by atoms with Crippen molar-refractivity contribution >= 4 is 0 Å². The van der Waals surface area contributed by atoms with Gasteiger partial charge in [0.05, 0.1) is 5.69 Å². The van der Waals surface area contributed by atoms with Crippen LogP contribution in [0.4, 0.5) is 0 Å². The predicted octanol–water partition coefficient (Wildman–Crippen LogP) is 1.92. The van der Waals surface area contributed by atoms with E-state index in [-0.39, 0.29) is 0 Å². The van der Waals surface area contributed by atoms with Gasteiger partial charge < -0.3 is 14.8 Å². The summed E-state index contributed by atoms with van der Waals surface area (Å²) in [6.45, 7) is 3.21. The van der Waals surface area contributed by atoms with E-state index in [2.05, 4.69) is 27.4 Å². The zero-order valence-electron chi connectivity index (χ0n) is 9.81. The molecule has 2 aromatic heterocycles. The van der Waals surface area contributed by atoms with Crippen LogP contribution in [0, 0.1) is 0 Å². The monoisotopic (exact) mass is 232 g/mol. The molecule has 0 spiro atoms. The van der Waals surface area contributed by atoms with E-state index >= 15 is 0 Å². The molecule has 3 rings (SSSR count). The first kappa shape index (κ1) is 10.5. The molecule has 3 heterocycles. The molecule has 17 heavy (non-hydrogen) atoms. The van der Waals surface area contributed by atoms with Crippen LogP contribution in [0.5, 0.6) is 0 Å². The number of piperidine rings is 1. The Morgan fingerprint density at radius 2 is 2.41 bits per heavy atom. The van der Waals surface area contributed by atoms with Gasteiger partial charge in [-0.15, -0.1) is 0 Å². The first-order valence-corrected chi connectivity index (χ1v) is 6.03. The number of H-pyrrole nitrogens is 1. The molecule has 0 saturated carbocycles. The Morgan fingerprint density at radius 1 is 1.47 bits per heavy atom. The average molecular weight is 232 g/mol.